The van der Waals surface area contributed by atoms with Crippen molar-refractivity contribution < 1.29 is 14.4 Å². The Morgan fingerprint density at radius 3 is 2.33 bits per heavy atom. The number of allylic oxidation sites excluding steroid dienone is 2. The van der Waals surface area contributed by atoms with Crippen LogP contribution in [0.25, 0.3) is 0 Å². The number of likely N-dealkylation sites (tertiary alicyclic amines) is 1. The maximum Gasteiger partial charge on any atom is 0.233 e. The van der Waals surface area contributed by atoms with Gasteiger partial charge in [0.2, 0.25) is 17.7 Å². The highest BCUT2D eigenvalue weighted by Gasteiger charge is 2.66. The van der Waals surface area contributed by atoms with E-state index in [0.29, 0.717) is 11.8 Å². The summed E-state index contributed by atoms with van der Waals surface area (Å²) in [6.07, 6.45) is 6.48. The molecular weight excluding hydrogens is 340 g/mol. The Hall–Kier alpha value is -2.43. The summed E-state index contributed by atoms with van der Waals surface area (Å²) in [4.78, 5) is 39.6. The van der Waals surface area contributed by atoms with Crippen LogP contribution in [-0.4, -0.2) is 29.2 Å². The number of anilines is 1. The Kier molecular flexibility index (Phi) is 3.74. The van der Waals surface area contributed by atoms with Crippen LogP contribution in [-0.2, 0) is 20.8 Å². The lowest BCUT2D eigenvalue weighted by molar-refractivity contribution is -0.140. The van der Waals surface area contributed by atoms with Crippen LogP contribution >= 0.6 is 0 Å². The molecule has 2 saturated carbocycles. The zero-order chi connectivity index (χ0) is 18.7. The van der Waals surface area contributed by atoms with Gasteiger partial charge in [-0.15, -0.1) is 0 Å². The highest BCUT2D eigenvalue weighted by Crippen LogP contribution is 2.65. The molecule has 6 atom stereocenters. The van der Waals surface area contributed by atoms with E-state index in [0.717, 1.165) is 24.1 Å². The van der Waals surface area contributed by atoms with Gasteiger partial charge < -0.3 is 5.32 Å². The zero-order valence-electron chi connectivity index (χ0n) is 15.4. The number of imide groups is 1. The van der Waals surface area contributed by atoms with Gasteiger partial charge >= 0.3 is 0 Å². The van der Waals surface area contributed by atoms with Gasteiger partial charge in [-0.3, -0.25) is 19.3 Å². The first-order chi connectivity index (χ1) is 13.1. The van der Waals surface area contributed by atoms with E-state index in [2.05, 4.69) is 17.5 Å². The van der Waals surface area contributed by atoms with Crippen LogP contribution in [0.4, 0.5) is 5.69 Å². The van der Waals surface area contributed by atoms with Crippen molar-refractivity contribution in [3.63, 3.8) is 0 Å². The molecule has 0 spiro atoms. The predicted octanol–water partition coefficient (Wildman–Crippen LogP) is 2.63. The second-order valence-electron chi connectivity index (χ2n) is 8.29. The maximum absolute atomic E-state index is 12.9. The van der Waals surface area contributed by atoms with E-state index in [1.54, 1.807) is 0 Å². The van der Waals surface area contributed by atoms with E-state index in [1.165, 1.54) is 4.90 Å². The van der Waals surface area contributed by atoms with Gasteiger partial charge in [0.25, 0.3) is 0 Å². The third-order valence-electron chi connectivity index (χ3n) is 6.99. The molecule has 5 aliphatic rings. The molecule has 2 bridgehead atoms. The first-order valence-corrected chi connectivity index (χ1v) is 10.0. The molecular formula is C22H24N2O3. The molecule has 3 fully saturated rings. The lowest BCUT2D eigenvalue weighted by atomic mass is 9.63. The van der Waals surface area contributed by atoms with E-state index in [-0.39, 0.29) is 54.4 Å². The molecule has 1 saturated heterocycles. The fourth-order valence-corrected chi connectivity index (χ4v) is 5.62. The molecule has 4 aliphatic carbocycles. The van der Waals surface area contributed by atoms with Crippen LogP contribution in [0.15, 0.2) is 36.4 Å². The minimum Gasteiger partial charge on any atom is -0.326 e. The molecule has 0 radical (unpaired) electrons. The van der Waals surface area contributed by atoms with Gasteiger partial charge in [0.15, 0.2) is 0 Å². The molecule has 5 heteroatoms. The molecule has 27 heavy (non-hydrogen) atoms. The van der Waals surface area contributed by atoms with Crippen molar-refractivity contribution in [3.05, 3.63) is 42.0 Å². The number of aryl methyl sites for hydroxylation is 1. The number of hydrogen-bond acceptors (Lipinski definition) is 3. The smallest absolute Gasteiger partial charge is 0.233 e. The first kappa shape index (κ1) is 16.7. The Morgan fingerprint density at radius 2 is 1.70 bits per heavy atom. The van der Waals surface area contributed by atoms with Gasteiger partial charge in [-0.25, -0.2) is 0 Å². The summed E-state index contributed by atoms with van der Waals surface area (Å²) >= 11 is 0. The van der Waals surface area contributed by atoms with Crippen LogP contribution in [0.5, 0.6) is 0 Å². The zero-order valence-corrected chi connectivity index (χ0v) is 15.4. The van der Waals surface area contributed by atoms with Crippen molar-refractivity contribution in [1.82, 2.24) is 4.90 Å². The highest BCUT2D eigenvalue weighted by atomic mass is 16.2. The average Bonchev–Trinajstić information content (AvgIpc) is 3.46. The second-order valence-corrected chi connectivity index (χ2v) is 8.29. The quantitative estimate of drug-likeness (QED) is 0.645. The van der Waals surface area contributed by atoms with Crippen LogP contribution < -0.4 is 5.32 Å². The normalized spacial score (nSPS) is 35.2. The largest absolute Gasteiger partial charge is 0.326 e. The van der Waals surface area contributed by atoms with Crippen molar-refractivity contribution in [2.24, 2.45) is 35.5 Å². The average molecular weight is 364 g/mol. The monoisotopic (exact) mass is 364 g/mol. The highest BCUT2D eigenvalue weighted by molar-refractivity contribution is 6.06. The number of hydrogen-bond donors (Lipinski definition) is 1. The standard InChI is InChI=1S/C22H24N2O3/c1-2-12-5-3-4-6-17(12)23-18(25)9-10-24-21(26)19-13-7-8-14(16-11-15(13)16)20(19)22(24)27/h3-8,13-16,19-20H,2,9-11H2,1H3,(H,23,25)/t13-,14-,15-,16+,19+,20+/m0/s1. The summed E-state index contributed by atoms with van der Waals surface area (Å²) < 4.78 is 0. The van der Waals surface area contributed by atoms with Gasteiger partial charge in [-0.1, -0.05) is 37.3 Å². The second kappa shape index (κ2) is 6.04. The molecule has 3 amide bonds. The van der Waals surface area contributed by atoms with Gasteiger partial charge in [0, 0.05) is 18.7 Å². The number of para-hydroxylation sites is 1. The van der Waals surface area contributed by atoms with Gasteiger partial charge in [-0.2, -0.15) is 0 Å². The Morgan fingerprint density at radius 1 is 1.07 bits per heavy atom. The lowest BCUT2D eigenvalue weighted by Crippen LogP contribution is -2.40. The molecule has 1 aromatic rings. The van der Waals surface area contributed by atoms with Crippen LogP contribution in [0, 0.1) is 35.5 Å². The van der Waals surface area contributed by atoms with E-state index >= 15 is 0 Å². The minimum atomic E-state index is -0.180. The molecule has 0 aromatic heterocycles. The molecule has 0 unspecified atom stereocenters. The number of nitrogens with one attached hydrogen (secondary N) is 1. The number of amides is 3. The Balaban J connectivity index is 1.25. The van der Waals surface area contributed by atoms with E-state index in [4.69, 9.17) is 0 Å². The van der Waals surface area contributed by atoms with Crippen molar-refractivity contribution in [3.8, 4) is 0 Å². The summed E-state index contributed by atoms with van der Waals surface area (Å²) in [6.45, 7) is 2.22. The SMILES string of the molecule is CCc1ccccc1NC(=O)CCN1C(=O)[C@@H]2[C@H]3C=C[C@@H]([C@@H]4C[C@H]34)[C@H]2C1=O. The molecule has 6 rings (SSSR count). The van der Waals surface area contributed by atoms with Gasteiger partial charge in [0.05, 0.1) is 11.8 Å². The van der Waals surface area contributed by atoms with Gasteiger partial charge in [0.1, 0.15) is 0 Å². The molecule has 1 aromatic carbocycles. The van der Waals surface area contributed by atoms with Gasteiger partial charge in [-0.05, 0) is 48.1 Å². The predicted molar refractivity (Wildman–Crippen MR) is 100 cm³/mol. The van der Waals surface area contributed by atoms with Crippen molar-refractivity contribution >= 4 is 23.4 Å². The maximum atomic E-state index is 12.9. The number of nitrogens with zero attached hydrogens (tertiary/aromatic N) is 1. The molecule has 1 aliphatic heterocycles. The van der Waals surface area contributed by atoms with Crippen LogP contribution in [0.2, 0.25) is 0 Å². The third kappa shape index (κ3) is 2.47. The van der Waals surface area contributed by atoms with Crippen molar-refractivity contribution in [2.75, 3.05) is 11.9 Å². The number of rotatable bonds is 5. The summed E-state index contributed by atoms with van der Waals surface area (Å²) in [7, 11) is 0. The van der Waals surface area contributed by atoms with Crippen molar-refractivity contribution in [1.29, 1.82) is 0 Å². The minimum absolute atomic E-state index is 0.0588. The molecule has 1 heterocycles. The van der Waals surface area contributed by atoms with E-state index in [9.17, 15) is 14.4 Å². The first-order valence-electron chi connectivity index (χ1n) is 10.0. The van der Waals surface area contributed by atoms with E-state index in [1.807, 2.05) is 31.2 Å². The summed E-state index contributed by atoms with van der Waals surface area (Å²) in [5, 5.41) is 2.92. The van der Waals surface area contributed by atoms with Crippen molar-refractivity contribution in [2.45, 2.75) is 26.2 Å². The molecule has 140 valence electrons. The van der Waals surface area contributed by atoms with E-state index < -0.39 is 0 Å². The number of benzene rings is 1. The fraction of sp³-hybridized carbons (Fsp3) is 0.500. The summed E-state index contributed by atoms with van der Waals surface area (Å²) in [5.41, 5.74) is 1.88. The third-order valence-corrected chi connectivity index (χ3v) is 6.99. The Bertz CT molecular complexity index is 825. The Labute approximate surface area is 158 Å². The number of carbonyl (C=O) groups excluding carboxylic acids is 3. The summed E-state index contributed by atoms with van der Waals surface area (Å²) in [5.74, 6) is 1.04. The summed E-state index contributed by atoms with van der Waals surface area (Å²) in [6, 6.07) is 7.71. The topological polar surface area (TPSA) is 66.5 Å². The lowest BCUT2D eigenvalue weighted by Gasteiger charge is -2.37. The molecule has 1 N–H and O–H groups in total. The van der Waals surface area contributed by atoms with Crippen LogP contribution in [0.3, 0.4) is 0 Å². The molecule has 5 nitrogen and oxygen atoms in total. The fourth-order valence-electron chi connectivity index (χ4n) is 5.62. The van der Waals surface area contributed by atoms with Crippen LogP contribution in [0.1, 0.15) is 25.3 Å². The number of carbonyl (C=O) groups is 3.